The fourth-order valence-corrected chi connectivity index (χ4v) is 4.84. The van der Waals surface area contributed by atoms with Gasteiger partial charge in [-0.25, -0.2) is 12.8 Å². The molecule has 0 unspecified atom stereocenters. The second kappa shape index (κ2) is 9.30. The first kappa shape index (κ1) is 20.5. The van der Waals surface area contributed by atoms with Crippen molar-refractivity contribution in [3.8, 4) is 0 Å². The van der Waals surface area contributed by atoms with Crippen molar-refractivity contribution >= 4 is 15.9 Å². The number of hydrogen-bond donors (Lipinski definition) is 1. The van der Waals surface area contributed by atoms with Gasteiger partial charge in [0, 0.05) is 19.6 Å². The van der Waals surface area contributed by atoms with E-state index in [1.165, 1.54) is 16.4 Å². The number of piperidine rings is 1. The summed E-state index contributed by atoms with van der Waals surface area (Å²) in [6, 6.07) is 12.8. The predicted octanol–water partition coefficient (Wildman–Crippen LogP) is 2.90. The maximum atomic E-state index is 13.1. The van der Waals surface area contributed by atoms with Crippen molar-refractivity contribution in [2.75, 3.05) is 19.6 Å². The molecule has 1 saturated heterocycles. The van der Waals surface area contributed by atoms with E-state index in [-0.39, 0.29) is 23.0 Å². The molecule has 1 aliphatic rings. The summed E-state index contributed by atoms with van der Waals surface area (Å²) in [6.07, 6.45) is 3.59. The van der Waals surface area contributed by atoms with E-state index in [0.717, 1.165) is 30.4 Å². The quantitative estimate of drug-likeness (QED) is 0.772. The van der Waals surface area contributed by atoms with Gasteiger partial charge in [0.1, 0.15) is 5.82 Å². The lowest BCUT2D eigenvalue weighted by Gasteiger charge is -2.25. The van der Waals surface area contributed by atoms with Gasteiger partial charge in [0.2, 0.25) is 15.9 Å². The van der Waals surface area contributed by atoms with Gasteiger partial charge in [-0.2, -0.15) is 4.31 Å². The molecule has 0 aromatic heterocycles. The predicted molar refractivity (Wildman–Crippen MR) is 106 cm³/mol. The maximum absolute atomic E-state index is 13.1. The van der Waals surface area contributed by atoms with Crippen molar-refractivity contribution in [2.24, 2.45) is 0 Å². The molecule has 0 spiro atoms. The van der Waals surface area contributed by atoms with Crippen LogP contribution >= 0.6 is 0 Å². The molecule has 2 aromatic rings. The maximum Gasteiger partial charge on any atom is 0.243 e. The highest BCUT2D eigenvalue weighted by molar-refractivity contribution is 7.89. The molecule has 0 atom stereocenters. The van der Waals surface area contributed by atoms with E-state index >= 15 is 0 Å². The van der Waals surface area contributed by atoms with Crippen LogP contribution in [0.5, 0.6) is 0 Å². The highest BCUT2D eigenvalue weighted by Crippen LogP contribution is 2.21. The lowest BCUT2D eigenvalue weighted by atomic mass is 10.1. The Hall–Kier alpha value is -2.25. The van der Waals surface area contributed by atoms with E-state index in [2.05, 4.69) is 5.32 Å². The van der Waals surface area contributed by atoms with E-state index in [4.69, 9.17) is 0 Å². The molecule has 0 saturated carbocycles. The molecule has 1 heterocycles. The Morgan fingerprint density at radius 3 is 2.39 bits per heavy atom. The summed E-state index contributed by atoms with van der Waals surface area (Å²) in [4.78, 5) is 12.4. The molecule has 28 heavy (non-hydrogen) atoms. The van der Waals surface area contributed by atoms with Crippen LogP contribution in [0.15, 0.2) is 53.4 Å². The normalized spacial score (nSPS) is 15.3. The van der Waals surface area contributed by atoms with E-state index in [1.54, 1.807) is 30.3 Å². The standard InChI is InChI=1S/C21H25FN2O3S/c22-19-6-4-5-17(15-19)11-12-23-21(25)16-18-7-9-20(10-8-18)28(26,27)24-13-2-1-3-14-24/h4-10,15H,1-3,11-14,16H2,(H,23,25). The summed E-state index contributed by atoms with van der Waals surface area (Å²) in [7, 11) is -3.45. The lowest BCUT2D eigenvalue weighted by molar-refractivity contribution is -0.120. The molecule has 5 nitrogen and oxygen atoms in total. The minimum absolute atomic E-state index is 0.150. The van der Waals surface area contributed by atoms with E-state index in [1.807, 2.05) is 6.07 Å². The van der Waals surface area contributed by atoms with Crippen LogP contribution in [-0.4, -0.2) is 38.3 Å². The number of benzene rings is 2. The van der Waals surface area contributed by atoms with Crippen LogP contribution in [-0.2, 0) is 27.7 Å². The van der Waals surface area contributed by atoms with Crippen LogP contribution in [0.4, 0.5) is 4.39 Å². The molecule has 1 fully saturated rings. The lowest BCUT2D eigenvalue weighted by Crippen LogP contribution is -2.35. The van der Waals surface area contributed by atoms with Gasteiger partial charge in [0.25, 0.3) is 0 Å². The minimum Gasteiger partial charge on any atom is -0.355 e. The molecule has 3 rings (SSSR count). The van der Waals surface area contributed by atoms with Gasteiger partial charge in [0.15, 0.2) is 0 Å². The summed E-state index contributed by atoms with van der Waals surface area (Å²) >= 11 is 0. The molecule has 150 valence electrons. The van der Waals surface area contributed by atoms with Crippen LogP contribution in [0.3, 0.4) is 0 Å². The highest BCUT2D eigenvalue weighted by atomic mass is 32.2. The second-order valence-corrected chi connectivity index (χ2v) is 8.95. The van der Waals surface area contributed by atoms with Crippen LogP contribution in [0.1, 0.15) is 30.4 Å². The van der Waals surface area contributed by atoms with Crippen LogP contribution < -0.4 is 5.32 Å². The van der Waals surface area contributed by atoms with E-state index in [0.29, 0.717) is 26.1 Å². The number of rotatable bonds is 7. The number of halogens is 1. The van der Waals surface area contributed by atoms with Gasteiger partial charge < -0.3 is 5.32 Å². The third-order valence-corrected chi connectivity index (χ3v) is 6.78. The number of nitrogens with zero attached hydrogens (tertiary/aromatic N) is 1. The third-order valence-electron chi connectivity index (χ3n) is 4.87. The Bertz CT molecular complexity index is 908. The summed E-state index contributed by atoms with van der Waals surface area (Å²) in [5.74, 6) is -0.438. The van der Waals surface area contributed by atoms with Crippen molar-refractivity contribution in [1.82, 2.24) is 9.62 Å². The first-order valence-electron chi connectivity index (χ1n) is 9.55. The zero-order chi connectivity index (χ0) is 20.0. The Balaban J connectivity index is 1.51. The smallest absolute Gasteiger partial charge is 0.243 e. The van der Waals surface area contributed by atoms with Gasteiger partial charge in [-0.1, -0.05) is 30.7 Å². The molecule has 7 heteroatoms. The number of carbonyl (C=O) groups excluding carboxylic acids is 1. The Labute approximate surface area is 165 Å². The summed E-state index contributed by atoms with van der Waals surface area (Å²) in [6.45, 7) is 1.55. The summed E-state index contributed by atoms with van der Waals surface area (Å²) < 4.78 is 40.0. The molecule has 0 radical (unpaired) electrons. The van der Waals surface area contributed by atoms with Crippen molar-refractivity contribution < 1.29 is 17.6 Å². The Morgan fingerprint density at radius 1 is 1.00 bits per heavy atom. The number of hydrogen-bond acceptors (Lipinski definition) is 3. The molecular weight excluding hydrogens is 379 g/mol. The molecular formula is C21H25FN2O3S. The van der Waals surface area contributed by atoms with E-state index in [9.17, 15) is 17.6 Å². The molecule has 0 bridgehead atoms. The van der Waals surface area contributed by atoms with Crippen molar-refractivity contribution in [3.05, 3.63) is 65.5 Å². The average molecular weight is 405 g/mol. The summed E-state index contributed by atoms with van der Waals surface area (Å²) in [5.41, 5.74) is 1.58. The largest absolute Gasteiger partial charge is 0.355 e. The first-order chi connectivity index (χ1) is 13.4. The third kappa shape index (κ3) is 5.39. The molecule has 0 aliphatic carbocycles. The summed E-state index contributed by atoms with van der Waals surface area (Å²) in [5, 5.41) is 2.81. The molecule has 1 amide bonds. The molecule has 1 N–H and O–H groups in total. The topological polar surface area (TPSA) is 66.5 Å². The van der Waals surface area contributed by atoms with Crippen molar-refractivity contribution in [1.29, 1.82) is 0 Å². The van der Waals surface area contributed by atoms with Crippen LogP contribution in [0.2, 0.25) is 0 Å². The zero-order valence-electron chi connectivity index (χ0n) is 15.7. The van der Waals surface area contributed by atoms with Crippen molar-refractivity contribution in [2.45, 2.75) is 37.0 Å². The highest BCUT2D eigenvalue weighted by Gasteiger charge is 2.25. The average Bonchev–Trinajstić information content (AvgIpc) is 2.69. The monoisotopic (exact) mass is 404 g/mol. The van der Waals surface area contributed by atoms with Crippen LogP contribution in [0.25, 0.3) is 0 Å². The number of amides is 1. The van der Waals surface area contributed by atoms with Gasteiger partial charge in [0.05, 0.1) is 11.3 Å². The minimum atomic E-state index is -3.45. The van der Waals surface area contributed by atoms with Gasteiger partial charge in [-0.05, 0) is 54.7 Å². The fraction of sp³-hybridized carbons (Fsp3) is 0.381. The van der Waals surface area contributed by atoms with E-state index < -0.39 is 10.0 Å². The fourth-order valence-electron chi connectivity index (χ4n) is 3.32. The number of nitrogens with one attached hydrogen (secondary N) is 1. The Kier molecular flexibility index (Phi) is 6.80. The van der Waals surface area contributed by atoms with Gasteiger partial charge in [-0.15, -0.1) is 0 Å². The zero-order valence-corrected chi connectivity index (χ0v) is 16.6. The van der Waals surface area contributed by atoms with Crippen LogP contribution in [0, 0.1) is 5.82 Å². The second-order valence-electron chi connectivity index (χ2n) is 7.02. The SMILES string of the molecule is O=C(Cc1ccc(S(=O)(=O)N2CCCCC2)cc1)NCCc1cccc(F)c1. The van der Waals surface area contributed by atoms with Gasteiger partial charge in [-0.3, -0.25) is 4.79 Å². The molecule has 1 aliphatic heterocycles. The Morgan fingerprint density at radius 2 is 1.71 bits per heavy atom. The van der Waals surface area contributed by atoms with Crippen molar-refractivity contribution in [3.63, 3.8) is 0 Å². The number of carbonyl (C=O) groups is 1. The number of sulfonamides is 1. The molecule has 2 aromatic carbocycles. The first-order valence-corrected chi connectivity index (χ1v) is 11.0. The van der Waals surface area contributed by atoms with Gasteiger partial charge >= 0.3 is 0 Å².